The molecule has 4 heteroatoms. The average Bonchev–Trinajstić information content (AvgIpc) is 2.39. The van der Waals surface area contributed by atoms with Crippen LogP contribution in [-0.2, 0) is 0 Å². The summed E-state index contributed by atoms with van der Waals surface area (Å²) in [4.78, 5) is 26.7. The molecule has 20 heavy (non-hydrogen) atoms. The van der Waals surface area contributed by atoms with Crippen LogP contribution in [0.5, 0.6) is 0 Å². The third-order valence-electron chi connectivity index (χ3n) is 3.49. The van der Waals surface area contributed by atoms with Gasteiger partial charge in [0.25, 0.3) is 11.8 Å². The predicted molar refractivity (Wildman–Crippen MR) is 82.7 cm³/mol. The summed E-state index contributed by atoms with van der Waals surface area (Å²) >= 11 is 0. The van der Waals surface area contributed by atoms with Crippen molar-refractivity contribution in [2.45, 2.75) is 19.6 Å². The van der Waals surface area contributed by atoms with Crippen LogP contribution in [0.3, 0.4) is 0 Å². The smallest absolute Gasteiger partial charge is 0.261 e. The zero-order chi connectivity index (χ0) is 14.5. The molecule has 102 valence electrons. The topological polar surface area (TPSA) is 37.4 Å². The van der Waals surface area contributed by atoms with Crippen LogP contribution in [-0.4, -0.2) is 31.0 Å². The number of carbonyl (C=O) groups is 2. The molecule has 0 spiro atoms. The highest BCUT2D eigenvalue weighted by molar-refractivity contribution is 6.76. The van der Waals surface area contributed by atoms with Crippen molar-refractivity contribution in [3.63, 3.8) is 0 Å². The molecule has 1 aliphatic rings. The van der Waals surface area contributed by atoms with Gasteiger partial charge in [-0.1, -0.05) is 43.9 Å². The van der Waals surface area contributed by atoms with E-state index in [1.165, 1.54) is 4.90 Å². The van der Waals surface area contributed by atoms with E-state index < -0.39 is 8.07 Å². The highest BCUT2D eigenvalue weighted by Crippen LogP contribution is 2.30. The zero-order valence-corrected chi connectivity index (χ0v) is 12.9. The molecule has 1 aliphatic heterocycles. The minimum atomic E-state index is -1.55. The fourth-order valence-corrected chi connectivity index (χ4v) is 3.93. The van der Waals surface area contributed by atoms with Gasteiger partial charge in [0.1, 0.15) is 0 Å². The van der Waals surface area contributed by atoms with Gasteiger partial charge in [-0.05, 0) is 17.5 Å². The molecule has 0 N–H and O–H groups in total. The van der Waals surface area contributed by atoms with Crippen molar-refractivity contribution in [1.29, 1.82) is 0 Å². The number of hydrogen-bond donors (Lipinski definition) is 0. The molecule has 0 bridgehead atoms. The normalized spacial score (nSPS) is 15.1. The fraction of sp³-hybridized carbons (Fsp3) is 0.250. The van der Waals surface area contributed by atoms with Gasteiger partial charge in [-0.25, -0.2) is 0 Å². The van der Waals surface area contributed by atoms with Crippen LogP contribution in [0.15, 0.2) is 36.4 Å². The second-order valence-electron chi connectivity index (χ2n) is 6.47. The Morgan fingerprint density at radius 2 is 1.40 bits per heavy atom. The summed E-state index contributed by atoms with van der Waals surface area (Å²) in [5.74, 6) is -0.302. The summed E-state index contributed by atoms with van der Waals surface area (Å²) in [6, 6.07) is 11.3. The quantitative estimate of drug-likeness (QED) is 0.626. The van der Waals surface area contributed by atoms with E-state index in [4.69, 9.17) is 0 Å². The van der Waals surface area contributed by atoms with Gasteiger partial charge in [0, 0.05) is 22.7 Å². The van der Waals surface area contributed by atoms with Crippen molar-refractivity contribution >= 4 is 30.7 Å². The molecule has 0 saturated heterocycles. The number of benzene rings is 2. The van der Waals surface area contributed by atoms with E-state index in [2.05, 4.69) is 19.6 Å². The molecule has 0 atom stereocenters. The summed E-state index contributed by atoms with van der Waals surface area (Å²) in [6.45, 7) is 6.48. The van der Waals surface area contributed by atoms with E-state index in [0.29, 0.717) is 17.3 Å². The molecule has 0 aromatic heterocycles. The number of rotatable bonds is 2. The van der Waals surface area contributed by atoms with Gasteiger partial charge >= 0.3 is 0 Å². The third-order valence-corrected chi connectivity index (χ3v) is 4.75. The van der Waals surface area contributed by atoms with Gasteiger partial charge in [0.05, 0.1) is 8.07 Å². The Hall–Kier alpha value is -1.94. The van der Waals surface area contributed by atoms with Crippen molar-refractivity contribution in [2.24, 2.45) is 0 Å². The number of imide groups is 1. The lowest BCUT2D eigenvalue weighted by molar-refractivity contribution is 0.0635. The van der Waals surface area contributed by atoms with Crippen LogP contribution in [0.1, 0.15) is 20.7 Å². The average molecular weight is 283 g/mol. The molecule has 2 aromatic carbocycles. The van der Waals surface area contributed by atoms with Gasteiger partial charge in [-0.2, -0.15) is 0 Å². The lowest BCUT2D eigenvalue weighted by Gasteiger charge is -2.31. The van der Waals surface area contributed by atoms with Crippen molar-refractivity contribution in [3.8, 4) is 0 Å². The van der Waals surface area contributed by atoms with Crippen LogP contribution < -0.4 is 0 Å². The first kappa shape index (κ1) is 13.1. The van der Waals surface area contributed by atoms with Crippen molar-refractivity contribution in [2.75, 3.05) is 6.17 Å². The minimum Gasteiger partial charge on any atom is -0.277 e. The Balaban J connectivity index is 2.21. The number of amides is 2. The Morgan fingerprint density at radius 3 is 1.85 bits per heavy atom. The lowest BCUT2D eigenvalue weighted by Crippen LogP contribution is -2.48. The molecule has 0 fully saturated rings. The molecule has 0 aliphatic carbocycles. The minimum absolute atomic E-state index is 0.151. The molecule has 1 heterocycles. The van der Waals surface area contributed by atoms with Gasteiger partial charge in [0.2, 0.25) is 0 Å². The Labute approximate surface area is 119 Å². The van der Waals surface area contributed by atoms with Crippen LogP contribution >= 0.6 is 0 Å². The third kappa shape index (κ3) is 1.96. The maximum atomic E-state index is 12.6. The molecular weight excluding hydrogens is 266 g/mol. The number of hydrogen-bond acceptors (Lipinski definition) is 2. The first-order valence-electron chi connectivity index (χ1n) is 6.76. The Bertz CT molecular complexity index is 680. The lowest BCUT2D eigenvalue weighted by atomic mass is 9.94. The number of carbonyl (C=O) groups excluding carboxylic acids is 2. The second-order valence-corrected chi connectivity index (χ2v) is 11.9. The van der Waals surface area contributed by atoms with Gasteiger partial charge in [0.15, 0.2) is 0 Å². The molecule has 3 nitrogen and oxygen atoms in total. The van der Waals surface area contributed by atoms with E-state index >= 15 is 0 Å². The maximum absolute atomic E-state index is 12.6. The molecule has 2 amide bonds. The first-order chi connectivity index (χ1) is 9.38. The fourth-order valence-electron chi connectivity index (χ4n) is 2.70. The molecule has 0 saturated carbocycles. The van der Waals surface area contributed by atoms with E-state index in [1.54, 1.807) is 0 Å². The van der Waals surface area contributed by atoms with Crippen LogP contribution in [0.25, 0.3) is 10.8 Å². The summed E-state index contributed by atoms with van der Waals surface area (Å²) < 4.78 is 0. The molecule has 0 unspecified atom stereocenters. The van der Waals surface area contributed by atoms with E-state index in [-0.39, 0.29) is 11.8 Å². The standard InChI is InChI=1S/C16H17NO2Si/c1-20(2,3)10-17-15(18)12-8-4-6-11-7-5-9-13(14(11)12)16(17)19/h4-9H,10H2,1-3H3. The Morgan fingerprint density at radius 1 is 0.900 bits per heavy atom. The van der Waals surface area contributed by atoms with E-state index in [9.17, 15) is 9.59 Å². The van der Waals surface area contributed by atoms with Gasteiger partial charge < -0.3 is 0 Å². The molecule has 3 rings (SSSR count). The summed E-state index contributed by atoms with van der Waals surface area (Å²) in [5, 5.41) is 1.76. The monoisotopic (exact) mass is 283 g/mol. The van der Waals surface area contributed by atoms with Crippen LogP contribution in [0, 0.1) is 0 Å². The van der Waals surface area contributed by atoms with Crippen molar-refractivity contribution in [3.05, 3.63) is 47.5 Å². The molecular formula is C16H17NO2Si. The summed E-state index contributed by atoms with van der Waals surface area (Å²) in [7, 11) is -1.55. The van der Waals surface area contributed by atoms with E-state index in [0.717, 1.165) is 10.8 Å². The zero-order valence-electron chi connectivity index (χ0n) is 11.9. The van der Waals surface area contributed by atoms with E-state index in [1.807, 2.05) is 36.4 Å². The Kier molecular flexibility index (Phi) is 2.79. The predicted octanol–water partition coefficient (Wildman–Crippen LogP) is 3.31. The SMILES string of the molecule is C[Si](C)(C)CN1C(=O)c2cccc3cccc(c23)C1=O. The summed E-state index contributed by atoms with van der Waals surface area (Å²) in [5.41, 5.74) is 1.30. The van der Waals surface area contributed by atoms with Crippen molar-refractivity contribution in [1.82, 2.24) is 4.90 Å². The maximum Gasteiger partial charge on any atom is 0.261 e. The van der Waals surface area contributed by atoms with Gasteiger partial charge in [-0.15, -0.1) is 0 Å². The van der Waals surface area contributed by atoms with Gasteiger partial charge in [-0.3, -0.25) is 14.5 Å². The largest absolute Gasteiger partial charge is 0.277 e. The first-order valence-corrected chi connectivity index (χ1v) is 10.5. The molecule has 0 radical (unpaired) electrons. The second kappa shape index (κ2) is 4.28. The molecule has 2 aromatic rings. The highest BCUT2D eigenvalue weighted by Gasteiger charge is 2.35. The van der Waals surface area contributed by atoms with Crippen LogP contribution in [0.2, 0.25) is 19.6 Å². The van der Waals surface area contributed by atoms with Crippen molar-refractivity contribution < 1.29 is 9.59 Å². The summed E-state index contributed by atoms with van der Waals surface area (Å²) in [6.07, 6.45) is 0.565. The number of nitrogens with zero attached hydrogens (tertiary/aromatic N) is 1. The van der Waals surface area contributed by atoms with Crippen LogP contribution in [0.4, 0.5) is 0 Å². The highest BCUT2D eigenvalue weighted by atomic mass is 28.3.